The molecule has 0 aromatic heterocycles. The summed E-state index contributed by atoms with van der Waals surface area (Å²) in [5.41, 5.74) is 4.91. The molecular weight excluding hydrogens is 276 g/mol. The molecule has 22 heavy (non-hydrogen) atoms. The predicted molar refractivity (Wildman–Crippen MR) is 88.0 cm³/mol. The first-order chi connectivity index (χ1) is 10.7. The van der Waals surface area contributed by atoms with Gasteiger partial charge in [0, 0.05) is 11.5 Å². The zero-order valence-corrected chi connectivity index (χ0v) is 13.3. The molecule has 3 rings (SSSR count). The summed E-state index contributed by atoms with van der Waals surface area (Å²) < 4.78 is 16.2. The Bertz CT molecular complexity index is 714. The summed E-state index contributed by atoms with van der Waals surface area (Å²) in [5, 5.41) is 0. The third-order valence-electron chi connectivity index (χ3n) is 4.21. The minimum atomic E-state index is 0.251. The van der Waals surface area contributed by atoms with Crippen molar-refractivity contribution in [1.29, 1.82) is 0 Å². The first-order valence-corrected chi connectivity index (χ1v) is 7.26. The summed E-state index contributed by atoms with van der Waals surface area (Å²) in [6.07, 6.45) is 2.19. The van der Waals surface area contributed by atoms with Crippen molar-refractivity contribution in [1.82, 2.24) is 0 Å². The second kappa shape index (κ2) is 5.76. The number of rotatable bonds is 4. The van der Waals surface area contributed by atoms with Crippen LogP contribution in [0.4, 0.5) is 0 Å². The van der Waals surface area contributed by atoms with Gasteiger partial charge in [0.25, 0.3) is 0 Å². The molecule has 0 N–H and O–H groups in total. The highest BCUT2D eigenvalue weighted by Crippen LogP contribution is 2.47. The minimum Gasteiger partial charge on any atom is -0.497 e. The van der Waals surface area contributed by atoms with Gasteiger partial charge in [0.15, 0.2) is 11.5 Å². The van der Waals surface area contributed by atoms with Crippen LogP contribution in [0, 0.1) is 0 Å². The van der Waals surface area contributed by atoms with E-state index in [9.17, 15) is 0 Å². The standard InChI is InChI=1S/C19H20O3/c1-12-11-16-15(9-10-17(21-3)19(16)22-4)18(12)13-5-7-14(20-2)8-6-13/h5-11,18H,1-4H3/t18-/m0/s1. The van der Waals surface area contributed by atoms with Crippen LogP contribution < -0.4 is 14.2 Å². The smallest absolute Gasteiger partial charge is 0.168 e. The van der Waals surface area contributed by atoms with Gasteiger partial charge in [-0.2, -0.15) is 0 Å². The molecule has 3 heteroatoms. The highest BCUT2D eigenvalue weighted by Gasteiger charge is 2.28. The third kappa shape index (κ3) is 2.23. The van der Waals surface area contributed by atoms with Gasteiger partial charge in [0.05, 0.1) is 21.3 Å². The van der Waals surface area contributed by atoms with E-state index < -0.39 is 0 Å². The summed E-state index contributed by atoms with van der Waals surface area (Å²) in [5.74, 6) is 2.69. The molecule has 0 aliphatic heterocycles. The molecule has 0 unspecified atom stereocenters. The Morgan fingerprint density at radius 3 is 2.14 bits per heavy atom. The van der Waals surface area contributed by atoms with Crippen molar-refractivity contribution in [3.05, 3.63) is 58.7 Å². The average Bonchev–Trinajstić information content (AvgIpc) is 2.89. The Morgan fingerprint density at radius 2 is 1.55 bits per heavy atom. The third-order valence-corrected chi connectivity index (χ3v) is 4.21. The molecule has 1 aliphatic carbocycles. The molecule has 0 heterocycles. The van der Waals surface area contributed by atoms with Crippen LogP contribution in [0.15, 0.2) is 42.0 Å². The van der Waals surface area contributed by atoms with E-state index in [1.165, 1.54) is 16.7 Å². The summed E-state index contributed by atoms with van der Waals surface area (Å²) >= 11 is 0. The summed E-state index contributed by atoms with van der Waals surface area (Å²) in [6, 6.07) is 12.3. The summed E-state index contributed by atoms with van der Waals surface area (Å²) in [7, 11) is 5.03. The lowest BCUT2D eigenvalue weighted by molar-refractivity contribution is 0.354. The van der Waals surface area contributed by atoms with Crippen molar-refractivity contribution in [3.63, 3.8) is 0 Å². The fourth-order valence-electron chi connectivity index (χ4n) is 3.16. The van der Waals surface area contributed by atoms with E-state index in [4.69, 9.17) is 14.2 Å². The van der Waals surface area contributed by atoms with Crippen LogP contribution >= 0.6 is 0 Å². The molecule has 1 atom stereocenters. The molecule has 0 saturated heterocycles. The molecule has 3 nitrogen and oxygen atoms in total. The van der Waals surface area contributed by atoms with Crippen LogP contribution in [0.2, 0.25) is 0 Å². The van der Waals surface area contributed by atoms with Crippen molar-refractivity contribution < 1.29 is 14.2 Å². The van der Waals surface area contributed by atoms with Crippen LogP contribution in [-0.4, -0.2) is 21.3 Å². The molecule has 0 spiro atoms. The monoisotopic (exact) mass is 296 g/mol. The lowest BCUT2D eigenvalue weighted by Gasteiger charge is -2.17. The van der Waals surface area contributed by atoms with E-state index in [-0.39, 0.29) is 5.92 Å². The molecule has 0 saturated carbocycles. The van der Waals surface area contributed by atoms with Crippen molar-refractivity contribution in [2.45, 2.75) is 12.8 Å². The number of hydrogen-bond acceptors (Lipinski definition) is 3. The SMILES string of the molecule is COc1ccc([C@@H]2C(C)=Cc3c2ccc(OC)c3OC)cc1. The first-order valence-electron chi connectivity index (χ1n) is 7.26. The zero-order valence-electron chi connectivity index (χ0n) is 13.3. The largest absolute Gasteiger partial charge is 0.497 e. The van der Waals surface area contributed by atoms with Crippen LogP contribution in [0.3, 0.4) is 0 Å². The van der Waals surface area contributed by atoms with Crippen LogP contribution in [0.5, 0.6) is 17.2 Å². The minimum absolute atomic E-state index is 0.251. The van der Waals surface area contributed by atoms with Gasteiger partial charge in [-0.25, -0.2) is 0 Å². The normalized spacial score (nSPS) is 16.0. The molecule has 0 amide bonds. The highest BCUT2D eigenvalue weighted by molar-refractivity contribution is 5.75. The molecule has 0 radical (unpaired) electrons. The summed E-state index contributed by atoms with van der Waals surface area (Å²) in [6.45, 7) is 2.15. The van der Waals surface area contributed by atoms with Crippen LogP contribution in [-0.2, 0) is 0 Å². The van der Waals surface area contributed by atoms with E-state index in [0.29, 0.717) is 0 Å². The number of allylic oxidation sites excluding steroid dienone is 1. The average molecular weight is 296 g/mol. The maximum Gasteiger partial charge on any atom is 0.168 e. The lowest BCUT2D eigenvalue weighted by atomic mass is 9.89. The maximum absolute atomic E-state index is 5.56. The van der Waals surface area contributed by atoms with Gasteiger partial charge >= 0.3 is 0 Å². The van der Waals surface area contributed by atoms with Crippen molar-refractivity contribution in [2.75, 3.05) is 21.3 Å². The molecule has 0 bridgehead atoms. The van der Waals surface area contributed by atoms with Crippen molar-refractivity contribution in [2.24, 2.45) is 0 Å². The Morgan fingerprint density at radius 1 is 0.818 bits per heavy atom. The van der Waals surface area contributed by atoms with Crippen molar-refractivity contribution in [3.8, 4) is 17.2 Å². The molecule has 0 fully saturated rings. The van der Waals surface area contributed by atoms with Gasteiger partial charge in [-0.3, -0.25) is 0 Å². The first kappa shape index (κ1) is 14.5. The molecule has 2 aromatic carbocycles. The van der Waals surface area contributed by atoms with Gasteiger partial charge in [0.1, 0.15) is 5.75 Å². The fraction of sp³-hybridized carbons (Fsp3) is 0.263. The Hall–Kier alpha value is -2.42. The van der Waals surface area contributed by atoms with Crippen LogP contribution in [0.1, 0.15) is 29.5 Å². The van der Waals surface area contributed by atoms with Gasteiger partial charge in [-0.15, -0.1) is 0 Å². The van der Waals surface area contributed by atoms with Gasteiger partial charge < -0.3 is 14.2 Å². The summed E-state index contributed by atoms with van der Waals surface area (Å²) in [4.78, 5) is 0. The molecule has 2 aromatic rings. The Labute approximate surface area is 131 Å². The second-order valence-electron chi connectivity index (χ2n) is 5.40. The molecular formula is C19H20O3. The fourth-order valence-corrected chi connectivity index (χ4v) is 3.16. The van der Waals surface area contributed by atoms with E-state index >= 15 is 0 Å². The number of methoxy groups -OCH3 is 3. The number of hydrogen-bond donors (Lipinski definition) is 0. The van der Waals surface area contributed by atoms with E-state index in [2.05, 4.69) is 31.2 Å². The Balaban J connectivity index is 2.09. The van der Waals surface area contributed by atoms with E-state index in [1.807, 2.05) is 18.2 Å². The van der Waals surface area contributed by atoms with Gasteiger partial charge in [-0.1, -0.05) is 29.8 Å². The quantitative estimate of drug-likeness (QED) is 0.843. The molecule has 114 valence electrons. The van der Waals surface area contributed by atoms with E-state index in [1.54, 1.807) is 21.3 Å². The van der Waals surface area contributed by atoms with Crippen molar-refractivity contribution >= 4 is 6.08 Å². The highest BCUT2D eigenvalue weighted by atomic mass is 16.5. The lowest BCUT2D eigenvalue weighted by Crippen LogP contribution is -2.01. The number of ether oxygens (including phenoxy) is 3. The number of benzene rings is 2. The van der Waals surface area contributed by atoms with Gasteiger partial charge in [-0.05, 0) is 36.2 Å². The topological polar surface area (TPSA) is 27.7 Å². The second-order valence-corrected chi connectivity index (χ2v) is 5.40. The zero-order chi connectivity index (χ0) is 15.7. The molecule has 1 aliphatic rings. The van der Waals surface area contributed by atoms with Crippen LogP contribution in [0.25, 0.3) is 6.08 Å². The predicted octanol–water partition coefficient (Wildman–Crippen LogP) is 4.26. The maximum atomic E-state index is 5.56. The number of fused-ring (bicyclic) bond motifs is 1. The van der Waals surface area contributed by atoms with E-state index in [0.717, 1.165) is 22.8 Å². The van der Waals surface area contributed by atoms with Gasteiger partial charge in [0.2, 0.25) is 0 Å². The Kier molecular flexibility index (Phi) is 3.80.